The highest BCUT2D eigenvalue weighted by atomic mass is 35.5. The Morgan fingerprint density at radius 1 is 1.04 bits per heavy atom. The molecule has 0 amide bonds. The number of hydrogen-bond acceptors (Lipinski definition) is 7. The monoisotopic (exact) mass is 646 g/mol. The molecule has 0 spiro atoms. The van der Waals surface area contributed by atoms with Crippen molar-refractivity contribution in [3.05, 3.63) is 93.1 Å². The van der Waals surface area contributed by atoms with Gasteiger partial charge in [-0.25, -0.2) is 9.59 Å². The number of aromatic nitrogens is 2. The van der Waals surface area contributed by atoms with Gasteiger partial charge in [0, 0.05) is 63.9 Å². The van der Waals surface area contributed by atoms with Gasteiger partial charge in [-0.3, -0.25) is 4.68 Å². The number of hydrogen-bond donors (Lipinski definition) is 2. The molecule has 5 rings (SSSR count). The summed E-state index contributed by atoms with van der Waals surface area (Å²) in [5, 5.41) is 25.0. The van der Waals surface area contributed by atoms with Crippen LogP contribution < -0.4 is 18.9 Å². The molecule has 1 aliphatic rings. The van der Waals surface area contributed by atoms with Crippen LogP contribution in [0.3, 0.4) is 0 Å². The Morgan fingerprint density at radius 3 is 2.59 bits per heavy atom. The maximum atomic E-state index is 12.6. The molecule has 0 radical (unpaired) electrons. The smallest absolute Gasteiger partial charge is 0.336 e. The topological polar surface area (TPSA) is 129 Å². The fourth-order valence-electron chi connectivity index (χ4n) is 5.42. The van der Waals surface area contributed by atoms with Gasteiger partial charge in [-0.1, -0.05) is 24.9 Å². The van der Waals surface area contributed by atoms with Crippen LogP contribution in [0.2, 0.25) is 5.02 Å². The van der Waals surface area contributed by atoms with Crippen molar-refractivity contribution >= 4 is 29.6 Å². The van der Waals surface area contributed by atoms with Gasteiger partial charge in [-0.15, -0.1) is 0 Å². The molecule has 3 aromatic carbocycles. The van der Waals surface area contributed by atoms with Gasteiger partial charge in [-0.2, -0.15) is 5.10 Å². The molecule has 1 aromatic heterocycles. The SMILES string of the molecule is CCCCn1ncc(/C=C(\Cc2cc3c(cc2OC)CCO3)C(=O)O)c1-c1ccc(OC)cc1OCc1cc(Cl)ccc1C(=O)O. The Bertz CT molecular complexity index is 1800. The minimum absolute atomic E-state index is 0.0731. The number of ether oxygens (including phenoxy) is 4. The average molecular weight is 647 g/mol. The number of rotatable bonds is 14. The summed E-state index contributed by atoms with van der Waals surface area (Å²) in [6, 6.07) is 13.6. The highest BCUT2D eigenvalue weighted by Gasteiger charge is 2.22. The highest BCUT2D eigenvalue weighted by molar-refractivity contribution is 6.30. The van der Waals surface area contributed by atoms with Crippen LogP contribution in [0.5, 0.6) is 23.0 Å². The van der Waals surface area contributed by atoms with Gasteiger partial charge in [0.2, 0.25) is 0 Å². The van der Waals surface area contributed by atoms with Gasteiger partial charge >= 0.3 is 11.9 Å². The zero-order valence-corrected chi connectivity index (χ0v) is 26.6. The van der Waals surface area contributed by atoms with Crippen LogP contribution in [0.4, 0.5) is 0 Å². The van der Waals surface area contributed by atoms with E-state index in [2.05, 4.69) is 12.0 Å². The van der Waals surface area contributed by atoms with Crippen LogP contribution in [0, 0.1) is 0 Å². The third-order valence-electron chi connectivity index (χ3n) is 7.79. The third-order valence-corrected chi connectivity index (χ3v) is 8.03. The van der Waals surface area contributed by atoms with Crippen molar-refractivity contribution in [3.63, 3.8) is 0 Å². The van der Waals surface area contributed by atoms with Crippen molar-refractivity contribution in [1.29, 1.82) is 0 Å². The maximum absolute atomic E-state index is 12.6. The second kappa shape index (κ2) is 14.4. The lowest BCUT2D eigenvalue weighted by Gasteiger charge is -2.17. The molecule has 0 aliphatic carbocycles. The van der Waals surface area contributed by atoms with Gasteiger partial charge in [0.05, 0.1) is 38.3 Å². The van der Waals surface area contributed by atoms with E-state index in [0.717, 1.165) is 30.6 Å². The van der Waals surface area contributed by atoms with Crippen molar-refractivity contribution in [2.75, 3.05) is 20.8 Å². The van der Waals surface area contributed by atoms with Crippen molar-refractivity contribution in [3.8, 4) is 34.3 Å². The van der Waals surface area contributed by atoms with Crippen molar-refractivity contribution in [1.82, 2.24) is 9.78 Å². The first kappa shape index (κ1) is 32.4. The number of benzene rings is 3. The predicted molar refractivity (Wildman–Crippen MR) is 173 cm³/mol. The molecule has 0 saturated carbocycles. The van der Waals surface area contributed by atoms with Crippen LogP contribution in [0.15, 0.2) is 60.3 Å². The third kappa shape index (κ3) is 7.13. The lowest BCUT2D eigenvalue weighted by atomic mass is 9.98. The first-order valence-corrected chi connectivity index (χ1v) is 15.2. The molecule has 240 valence electrons. The number of carbonyl (C=O) groups is 2. The second-order valence-electron chi connectivity index (χ2n) is 10.8. The zero-order valence-electron chi connectivity index (χ0n) is 25.8. The van der Waals surface area contributed by atoms with Crippen molar-refractivity contribution in [2.24, 2.45) is 0 Å². The molecule has 2 heterocycles. The van der Waals surface area contributed by atoms with E-state index in [0.29, 0.717) is 63.4 Å². The Kier molecular flexibility index (Phi) is 10.2. The van der Waals surface area contributed by atoms with Gasteiger partial charge in [0.1, 0.15) is 29.6 Å². The van der Waals surface area contributed by atoms with E-state index in [4.69, 9.17) is 30.5 Å². The highest BCUT2D eigenvalue weighted by Crippen LogP contribution is 2.38. The maximum Gasteiger partial charge on any atom is 0.336 e. The first-order chi connectivity index (χ1) is 22.2. The molecule has 10 nitrogen and oxygen atoms in total. The van der Waals surface area contributed by atoms with Crippen LogP contribution in [-0.2, 0) is 30.8 Å². The number of methoxy groups -OCH3 is 2. The second-order valence-corrected chi connectivity index (χ2v) is 11.2. The number of aromatic carboxylic acids is 1. The molecule has 0 saturated heterocycles. The molecule has 0 bridgehead atoms. The van der Waals surface area contributed by atoms with Crippen LogP contribution in [-0.4, -0.2) is 52.8 Å². The standard InChI is InChI=1S/C35H35ClN2O8/c1-4-5-11-38-33(29-9-7-27(43-2)18-32(29)46-20-25-15-26(36)6-8-28(25)35(41)42)24(19-37-38)14-23(34(39)40)13-22-17-31-21(10-12-45-31)16-30(22)44-3/h6-9,14-19H,4-5,10-13,20H2,1-3H3,(H,39,40)(H,41,42)/b23-14+. The van der Waals surface area contributed by atoms with Crippen LogP contribution in [0.25, 0.3) is 17.3 Å². The Balaban J connectivity index is 1.58. The fraction of sp³-hybridized carbons (Fsp3) is 0.286. The van der Waals surface area contributed by atoms with E-state index in [1.165, 1.54) is 19.2 Å². The largest absolute Gasteiger partial charge is 0.497 e. The molecular weight excluding hydrogens is 612 g/mol. The summed E-state index contributed by atoms with van der Waals surface area (Å²) in [5.74, 6) is 0.0836. The lowest BCUT2D eigenvalue weighted by molar-refractivity contribution is -0.132. The zero-order chi connectivity index (χ0) is 32.8. The minimum Gasteiger partial charge on any atom is -0.497 e. The molecule has 0 fully saturated rings. The summed E-state index contributed by atoms with van der Waals surface area (Å²) in [4.78, 5) is 24.5. The lowest BCUT2D eigenvalue weighted by Crippen LogP contribution is -2.08. The summed E-state index contributed by atoms with van der Waals surface area (Å²) < 4.78 is 24.9. The van der Waals surface area contributed by atoms with Crippen LogP contribution in [0.1, 0.15) is 52.4 Å². The first-order valence-electron chi connectivity index (χ1n) is 14.9. The van der Waals surface area contributed by atoms with Gasteiger partial charge in [0.15, 0.2) is 0 Å². The van der Waals surface area contributed by atoms with Gasteiger partial charge < -0.3 is 29.2 Å². The average Bonchev–Trinajstić information content (AvgIpc) is 3.67. The number of halogens is 1. The quantitative estimate of drug-likeness (QED) is 0.140. The number of aryl methyl sites for hydroxylation is 1. The van der Waals surface area contributed by atoms with E-state index in [-0.39, 0.29) is 24.2 Å². The summed E-state index contributed by atoms with van der Waals surface area (Å²) in [6.45, 7) is 3.15. The summed E-state index contributed by atoms with van der Waals surface area (Å²) in [6.07, 6.45) is 5.89. The number of carboxylic acids is 2. The van der Waals surface area contributed by atoms with Crippen LogP contribution >= 0.6 is 11.6 Å². The Hall–Kier alpha value is -4.96. The van der Waals surface area contributed by atoms with E-state index in [9.17, 15) is 19.8 Å². The molecule has 1 aliphatic heterocycles. The van der Waals surface area contributed by atoms with E-state index in [1.54, 1.807) is 37.6 Å². The Labute approximate surface area is 271 Å². The molecule has 2 N–H and O–H groups in total. The summed E-state index contributed by atoms with van der Waals surface area (Å²) >= 11 is 6.18. The van der Waals surface area contributed by atoms with Crippen molar-refractivity contribution < 1.29 is 38.7 Å². The molecule has 11 heteroatoms. The molecule has 4 aromatic rings. The normalized spacial score (nSPS) is 12.4. The number of unbranched alkanes of at least 4 members (excludes halogenated alkanes) is 1. The summed E-state index contributed by atoms with van der Waals surface area (Å²) in [5.41, 5.74) is 4.19. The predicted octanol–water partition coefficient (Wildman–Crippen LogP) is 6.94. The van der Waals surface area contributed by atoms with Crippen molar-refractivity contribution in [2.45, 2.75) is 45.8 Å². The van der Waals surface area contributed by atoms with E-state index >= 15 is 0 Å². The fourth-order valence-corrected chi connectivity index (χ4v) is 5.62. The summed E-state index contributed by atoms with van der Waals surface area (Å²) in [7, 11) is 3.10. The minimum atomic E-state index is -1.10. The number of carboxylic acid groups (broad SMARTS) is 2. The number of nitrogens with zero attached hydrogens (tertiary/aromatic N) is 2. The Morgan fingerprint density at radius 2 is 1.87 bits per heavy atom. The molecule has 46 heavy (non-hydrogen) atoms. The van der Waals surface area contributed by atoms with E-state index in [1.807, 2.05) is 22.9 Å². The molecule has 0 atom stereocenters. The number of fused-ring (bicyclic) bond motifs is 1. The van der Waals surface area contributed by atoms with Gasteiger partial charge in [-0.05, 0) is 55.0 Å². The van der Waals surface area contributed by atoms with E-state index < -0.39 is 11.9 Å². The molecular formula is C35H35ClN2O8. The number of aliphatic carboxylic acids is 1. The molecule has 0 unspecified atom stereocenters. The van der Waals surface area contributed by atoms with Gasteiger partial charge in [0.25, 0.3) is 0 Å².